The van der Waals surface area contributed by atoms with Gasteiger partial charge in [0, 0.05) is 17.8 Å². The Bertz CT molecular complexity index is 432. The van der Waals surface area contributed by atoms with Crippen molar-refractivity contribution in [3.63, 3.8) is 0 Å². The van der Waals surface area contributed by atoms with E-state index in [0.717, 1.165) is 29.3 Å². The van der Waals surface area contributed by atoms with Gasteiger partial charge in [-0.2, -0.15) is 11.8 Å². The number of benzene rings is 1. The molecular weight excluding hydrogens is 268 g/mol. The minimum atomic E-state index is 0.0724. The minimum Gasteiger partial charge on any atom is -0.398 e. The first-order chi connectivity index (χ1) is 9.50. The fraction of sp³-hybridized carbons (Fsp3) is 0.562. The molecule has 3 nitrogen and oxygen atoms in total. The van der Waals surface area contributed by atoms with Crippen molar-refractivity contribution in [1.82, 2.24) is 0 Å². The molecule has 0 radical (unpaired) electrons. The monoisotopic (exact) mass is 294 g/mol. The number of carbonyl (C=O) groups is 1. The number of carbonyl (C=O) groups excluding carboxylic acids is 1. The third kappa shape index (κ3) is 6.33. The molecule has 0 unspecified atom stereocenters. The molecule has 1 aromatic carbocycles. The van der Waals surface area contributed by atoms with Crippen LogP contribution in [0, 0.1) is 12.8 Å². The lowest BCUT2D eigenvalue weighted by molar-refractivity contribution is -0.116. The molecule has 1 rings (SSSR count). The molecule has 0 atom stereocenters. The predicted octanol–water partition coefficient (Wildman–Crippen LogP) is 4.08. The second kappa shape index (κ2) is 8.90. The number of amides is 1. The molecule has 20 heavy (non-hydrogen) atoms. The van der Waals surface area contributed by atoms with Crippen molar-refractivity contribution in [2.24, 2.45) is 5.92 Å². The standard InChI is InChI=1S/C16H26N2OS/c1-12(2)9-11-20-10-5-8-16(19)18-15-7-4-6-14(17)13(15)3/h4,6-7,12H,5,8-11,17H2,1-3H3,(H,18,19). The molecule has 3 N–H and O–H groups in total. The Hall–Kier alpha value is -1.16. The van der Waals surface area contributed by atoms with Crippen molar-refractivity contribution in [3.05, 3.63) is 23.8 Å². The fourth-order valence-corrected chi connectivity index (χ4v) is 2.95. The molecule has 0 heterocycles. The number of hydrogen-bond donors (Lipinski definition) is 2. The van der Waals surface area contributed by atoms with Crippen LogP contribution in [-0.2, 0) is 4.79 Å². The van der Waals surface area contributed by atoms with Gasteiger partial charge in [0.25, 0.3) is 0 Å². The zero-order valence-electron chi connectivity index (χ0n) is 12.7. The molecule has 4 heteroatoms. The van der Waals surface area contributed by atoms with E-state index >= 15 is 0 Å². The van der Waals surface area contributed by atoms with Crippen LogP contribution in [0.15, 0.2) is 18.2 Å². The lowest BCUT2D eigenvalue weighted by Crippen LogP contribution is -2.13. The average Bonchev–Trinajstić information content (AvgIpc) is 2.39. The summed E-state index contributed by atoms with van der Waals surface area (Å²) in [7, 11) is 0. The summed E-state index contributed by atoms with van der Waals surface area (Å²) in [4.78, 5) is 11.9. The van der Waals surface area contributed by atoms with E-state index in [1.54, 1.807) is 0 Å². The van der Waals surface area contributed by atoms with E-state index in [4.69, 9.17) is 5.73 Å². The van der Waals surface area contributed by atoms with Crippen LogP contribution in [-0.4, -0.2) is 17.4 Å². The largest absolute Gasteiger partial charge is 0.398 e. The molecule has 112 valence electrons. The van der Waals surface area contributed by atoms with E-state index in [1.165, 1.54) is 12.2 Å². The van der Waals surface area contributed by atoms with Gasteiger partial charge in [0.15, 0.2) is 0 Å². The Morgan fingerprint density at radius 3 is 2.80 bits per heavy atom. The molecule has 1 aromatic rings. The molecule has 0 saturated heterocycles. The van der Waals surface area contributed by atoms with Crippen LogP contribution in [0.1, 0.15) is 38.7 Å². The first kappa shape index (κ1) is 16.9. The Morgan fingerprint density at radius 2 is 2.10 bits per heavy atom. The summed E-state index contributed by atoms with van der Waals surface area (Å²) in [6, 6.07) is 5.59. The maximum atomic E-state index is 11.9. The van der Waals surface area contributed by atoms with Gasteiger partial charge in [-0.25, -0.2) is 0 Å². The SMILES string of the molecule is Cc1c(N)cccc1NC(=O)CCCSCCC(C)C. The quantitative estimate of drug-likeness (QED) is 0.561. The number of rotatable bonds is 8. The first-order valence-corrected chi connectivity index (χ1v) is 8.39. The summed E-state index contributed by atoms with van der Waals surface area (Å²) in [5, 5.41) is 2.93. The summed E-state index contributed by atoms with van der Waals surface area (Å²) in [5.41, 5.74) is 8.29. The van der Waals surface area contributed by atoms with E-state index in [2.05, 4.69) is 19.2 Å². The summed E-state index contributed by atoms with van der Waals surface area (Å²) in [6.07, 6.45) is 2.75. The summed E-state index contributed by atoms with van der Waals surface area (Å²) < 4.78 is 0. The Morgan fingerprint density at radius 1 is 1.35 bits per heavy atom. The van der Waals surface area contributed by atoms with E-state index < -0.39 is 0 Å². The maximum Gasteiger partial charge on any atom is 0.224 e. The van der Waals surface area contributed by atoms with Crippen molar-refractivity contribution in [3.8, 4) is 0 Å². The van der Waals surface area contributed by atoms with Gasteiger partial charge in [-0.1, -0.05) is 19.9 Å². The van der Waals surface area contributed by atoms with E-state index in [0.29, 0.717) is 12.1 Å². The zero-order valence-corrected chi connectivity index (χ0v) is 13.6. The molecule has 0 spiro atoms. The Kier molecular flexibility index (Phi) is 7.52. The van der Waals surface area contributed by atoms with Crippen LogP contribution in [0.3, 0.4) is 0 Å². The van der Waals surface area contributed by atoms with Gasteiger partial charge >= 0.3 is 0 Å². The van der Waals surface area contributed by atoms with Crippen LogP contribution < -0.4 is 11.1 Å². The second-order valence-corrected chi connectivity index (χ2v) is 6.69. The molecule has 0 aliphatic rings. The smallest absolute Gasteiger partial charge is 0.224 e. The van der Waals surface area contributed by atoms with E-state index in [1.807, 2.05) is 36.9 Å². The molecule has 0 saturated carbocycles. The number of thioether (sulfide) groups is 1. The van der Waals surface area contributed by atoms with Crippen molar-refractivity contribution in [1.29, 1.82) is 0 Å². The van der Waals surface area contributed by atoms with Crippen molar-refractivity contribution in [2.75, 3.05) is 22.6 Å². The van der Waals surface area contributed by atoms with Crippen molar-refractivity contribution < 1.29 is 4.79 Å². The van der Waals surface area contributed by atoms with Crippen molar-refractivity contribution in [2.45, 2.75) is 40.0 Å². The second-order valence-electron chi connectivity index (χ2n) is 5.47. The lowest BCUT2D eigenvalue weighted by atomic mass is 10.1. The maximum absolute atomic E-state index is 11.9. The number of anilines is 2. The van der Waals surface area contributed by atoms with Crippen LogP contribution in [0.2, 0.25) is 0 Å². The third-order valence-corrected chi connectivity index (χ3v) is 4.28. The highest BCUT2D eigenvalue weighted by atomic mass is 32.2. The van der Waals surface area contributed by atoms with Gasteiger partial charge in [-0.3, -0.25) is 4.79 Å². The summed E-state index contributed by atoms with van der Waals surface area (Å²) >= 11 is 1.94. The van der Waals surface area contributed by atoms with Crippen molar-refractivity contribution >= 4 is 29.0 Å². The van der Waals surface area contributed by atoms with Crippen LogP contribution in [0.25, 0.3) is 0 Å². The topological polar surface area (TPSA) is 55.1 Å². The zero-order chi connectivity index (χ0) is 15.0. The predicted molar refractivity (Wildman–Crippen MR) is 90.2 cm³/mol. The molecule has 0 aliphatic heterocycles. The van der Waals surface area contributed by atoms with Gasteiger partial charge in [-0.05, 0) is 54.9 Å². The van der Waals surface area contributed by atoms with Crippen LogP contribution in [0.4, 0.5) is 11.4 Å². The molecule has 0 fully saturated rings. The lowest BCUT2D eigenvalue weighted by Gasteiger charge is -2.10. The molecule has 0 bridgehead atoms. The highest BCUT2D eigenvalue weighted by Crippen LogP contribution is 2.20. The number of nitrogens with two attached hydrogens (primary N) is 1. The Labute approximate surface area is 126 Å². The molecule has 0 aromatic heterocycles. The summed E-state index contributed by atoms with van der Waals surface area (Å²) in [6.45, 7) is 6.40. The average molecular weight is 294 g/mol. The van der Waals surface area contributed by atoms with Gasteiger partial charge in [0.1, 0.15) is 0 Å². The van der Waals surface area contributed by atoms with E-state index in [9.17, 15) is 4.79 Å². The Balaban J connectivity index is 2.22. The van der Waals surface area contributed by atoms with Crippen LogP contribution >= 0.6 is 11.8 Å². The molecular formula is C16H26N2OS. The minimum absolute atomic E-state index is 0.0724. The van der Waals surface area contributed by atoms with Gasteiger partial charge < -0.3 is 11.1 Å². The van der Waals surface area contributed by atoms with Gasteiger partial charge in [-0.15, -0.1) is 0 Å². The normalized spacial score (nSPS) is 10.8. The van der Waals surface area contributed by atoms with E-state index in [-0.39, 0.29) is 5.91 Å². The number of hydrogen-bond acceptors (Lipinski definition) is 3. The first-order valence-electron chi connectivity index (χ1n) is 7.23. The highest BCUT2D eigenvalue weighted by Gasteiger charge is 2.06. The fourth-order valence-electron chi connectivity index (χ4n) is 1.76. The summed E-state index contributed by atoms with van der Waals surface area (Å²) in [5.74, 6) is 3.07. The molecule has 0 aliphatic carbocycles. The number of nitrogen functional groups attached to an aromatic ring is 1. The van der Waals surface area contributed by atoms with Crippen LogP contribution in [0.5, 0.6) is 0 Å². The molecule has 1 amide bonds. The van der Waals surface area contributed by atoms with Gasteiger partial charge in [0.2, 0.25) is 5.91 Å². The third-order valence-electron chi connectivity index (χ3n) is 3.18. The number of nitrogens with one attached hydrogen (secondary N) is 1. The highest BCUT2D eigenvalue weighted by molar-refractivity contribution is 7.99. The van der Waals surface area contributed by atoms with Gasteiger partial charge in [0.05, 0.1) is 0 Å².